The first-order chi connectivity index (χ1) is 11.9. The number of aromatic carboxylic acids is 1. The summed E-state index contributed by atoms with van der Waals surface area (Å²) in [5, 5.41) is 21.7. The zero-order valence-electron chi connectivity index (χ0n) is 13.8. The fourth-order valence-electron chi connectivity index (χ4n) is 2.46. The average molecular weight is 345 g/mol. The normalized spacial score (nSPS) is 13.1. The predicted molar refractivity (Wildman–Crippen MR) is 90.7 cm³/mol. The third-order valence-electron chi connectivity index (χ3n) is 3.89. The van der Waals surface area contributed by atoms with Crippen LogP contribution in [0.1, 0.15) is 40.9 Å². The van der Waals surface area contributed by atoms with Crippen molar-refractivity contribution in [3.8, 4) is 0 Å². The molecule has 3 N–H and O–H groups in total. The van der Waals surface area contributed by atoms with Gasteiger partial charge in [-0.05, 0) is 48.7 Å². The van der Waals surface area contributed by atoms with Gasteiger partial charge in [0.2, 0.25) is 5.91 Å². The van der Waals surface area contributed by atoms with Crippen molar-refractivity contribution >= 4 is 11.9 Å². The van der Waals surface area contributed by atoms with E-state index >= 15 is 0 Å². The van der Waals surface area contributed by atoms with Crippen molar-refractivity contribution in [3.63, 3.8) is 0 Å². The van der Waals surface area contributed by atoms with Gasteiger partial charge >= 0.3 is 5.97 Å². The Hall–Kier alpha value is -2.73. The van der Waals surface area contributed by atoms with Crippen molar-refractivity contribution in [1.29, 1.82) is 0 Å². The van der Waals surface area contributed by atoms with Crippen molar-refractivity contribution in [3.05, 3.63) is 71.0 Å². The summed E-state index contributed by atoms with van der Waals surface area (Å²) in [4.78, 5) is 22.8. The van der Waals surface area contributed by atoms with Crippen molar-refractivity contribution in [2.24, 2.45) is 0 Å². The first-order valence-electron chi connectivity index (χ1n) is 7.92. The molecule has 0 aliphatic rings. The van der Waals surface area contributed by atoms with E-state index in [2.05, 4.69) is 5.32 Å². The first kappa shape index (κ1) is 18.6. The fraction of sp³-hybridized carbons (Fsp3) is 0.263. The van der Waals surface area contributed by atoms with E-state index in [0.29, 0.717) is 12.0 Å². The number of aryl methyl sites for hydroxylation is 1. The molecule has 0 saturated carbocycles. The summed E-state index contributed by atoms with van der Waals surface area (Å²) in [5.41, 5.74) is 1.44. The van der Waals surface area contributed by atoms with Gasteiger partial charge in [-0.1, -0.05) is 24.3 Å². The molecule has 0 spiro atoms. The number of aliphatic hydroxyl groups is 1. The zero-order chi connectivity index (χ0) is 18.4. The molecular formula is C19H20FNO4. The van der Waals surface area contributed by atoms with Gasteiger partial charge in [-0.15, -0.1) is 0 Å². The zero-order valence-corrected chi connectivity index (χ0v) is 13.8. The highest BCUT2D eigenvalue weighted by Gasteiger charge is 2.18. The maximum Gasteiger partial charge on any atom is 0.335 e. The highest BCUT2D eigenvalue weighted by molar-refractivity contribution is 5.87. The van der Waals surface area contributed by atoms with E-state index in [1.807, 2.05) is 0 Å². The second kappa shape index (κ2) is 8.39. The molecule has 2 atom stereocenters. The van der Waals surface area contributed by atoms with E-state index in [9.17, 15) is 19.1 Å². The molecule has 2 rings (SSSR count). The summed E-state index contributed by atoms with van der Waals surface area (Å²) in [5.74, 6) is -1.69. The van der Waals surface area contributed by atoms with E-state index in [0.717, 1.165) is 5.56 Å². The van der Waals surface area contributed by atoms with Crippen LogP contribution >= 0.6 is 0 Å². The molecule has 5 nitrogen and oxygen atoms in total. The third-order valence-corrected chi connectivity index (χ3v) is 3.89. The van der Waals surface area contributed by atoms with E-state index in [4.69, 9.17) is 5.11 Å². The third kappa shape index (κ3) is 5.39. The van der Waals surface area contributed by atoms with E-state index in [1.54, 1.807) is 25.1 Å². The van der Waals surface area contributed by atoms with Crippen LogP contribution in [0.25, 0.3) is 0 Å². The Morgan fingerprint density at radius 2 is 1.84 bits per heavy atom. The maximum atomic E-state index is 13.2. The maximum absolute atomic E-state index is 13.2. The van der Waals surface area contributed by atoms with Crippen LogP contribution in [-0.4, -0.2) is 28.1 Å². The number of amides is 1. The first-order valence-corrected chi connectivity index (χ1v) is 7.92. The van der Waals surface area contributed by atoms with E-state index < -0.39 is 23.9 Å². The minimum atomic E-state index is -1.01. The Morgan fingerprint density at radius 3 is 2.44 bits per heavy atom. The molecule has 132 valence electrons. The Labute approximate surface area is 145 Å². The van der Waals surface area contributed by atoms with Crippen molar-refractivity contribution < 1.29 is 24.2 Å². The van der Waals surface area contributed by atoms with Gasteiger partial charge in [0.15, 0.2) is 0 Å². The number of hydrogen-bond donors (Lipinski definition) is 3. The minimum Gasteiger partial charge on any atom is -0.478 e. The Balaban J connectivity index is 1.85. The number of halogens is 1. The molecule has 2 aromatic rings. The quantitative estimate of drug-likeness (QED) is 0.720. The monoisotopic (exact) mass is 345 g/mol. The molecule has 2 aromatic carbocycles. The van der Waals surface area contributed by atoms with Crippen LogP contribution < -0.4 is 5.32 Å². The summed E-state index contributed by atoms with van der Waals surface area (Å²) in [6, 6.07) is 11.4. The van der Waals surface area contributed by atoms with Gasteiger partial charge < -0.3 is 15.5 Å². The summed E-state index contributed by atoms with van der Waals surface area (Å²) in [7, 11) is 0. The molecule has 0 aliphatic heterocycles. The number of carboxylic acid groups (broad SMARTS) is 1. The Kier molecular flexibility index (Phi) is 6.25. The van der Waals surface area contributed by atoms with Crippen LogP contribution in [-0.2, 0) is 11.2 Å². The molecule has 2 unspecified atom stereocenters. The van der Waals surface area contributed by atoms with Crippen LogP contribution in [0.2, 0.25) is 0 Å². The molecule has 0 radical (unpaired) electrons. The summed E-state index contributed by atoms with van der Waals surface area (Å²) in [6.07, 6.45) is -0.351. The second-order valence-corrected chi connectivity index (χ2v) is 5.86. The molecule has 6 heteroatoms. The number of rotatable bonds is 7. The molecule has 0 heterocycles. The Morgan fingerprint density at radius 1 is 1.16 bits per heavy atom. The van der Waals surface area contributed by atoms with Crippen molar-refractivity contribution in [1.82, 2.24) is 5.32 Å². The molecule has 25 heavy (non-hydrogen) atoms. The molecule has 0 saturated heterocycles. The van der Waals surface area contributed by atoms with Gasteiger partial charge in [0, 0.05) is 6.42 Å². The Bertz CT molecular complexity index is 745. The number of hydrogen-bond acceptors (Lipinski definition) is 3. The van der Waals surface area contributed by atoms with Crippen LogP contribution in [0.3, 0.4) is 0 Å². The minimum absolute atomic E-state index is 0.194. The topological polar surface area (TPSA) is 86.6 Å². The van der Waals surface area contributed by atoms with Crippen molar-refractivity contribution in [2.45, 2.75) is 31.9 Å². The van der Waals surface area contributed by atoms with E-state index in [-0.39, 0.29) is 17.9 Å². The number of aliphatic hydroxyl groups excluding tert-OH is 1. The van der Waals surface area contributed by atoms with Gasteiger partial charge in [-0.2, -0.15) is 0 Å². The SMILES string of the molecule is CC(NC(=O)CCc1ccc(C(=O)O)cc1)C(O)c1cccc(F)c1. The van der Waals surface area contributed by atoms with Crippen LogP contribution in [0.5, 0.6) is 0 Å². The van der Waals surface area contributed by atoms with Crippen LogP contribution in [0.4, 0.5) is 4.39 Å². The van der Waals surface area contributed by atoms with Crippen molar-refractivity contribution in [2.75, 3.05) is 0 Å². The summed E-state index contributed by atoms with van der Waals surface area (Å²) < 4.78 is 13.2. The number of carbonyl (C=O) groups is 2. The van der Waals surface area contributed by atoms with Gasteiger partial charge in [-0.25, -0.2) is 9.18 Å². The summed E-state index contributed by atoms with van der Waals surface area (Å²) in [6.45, 7) is 1.65. The number of benzene rings is 2. The summed E-state index contributed by atoms with van der Waals surface area (Å²) >= 11 is 0. The number of carbonyl (C=O) groups excluding carboxylic acids is 1. The molecule has 1 amide bonds. The average Bonchev–Trinajstić information content (AvgIpc) is 2.59. The molecule has 0 bridgehead atoms. The smallest absolute Gasteiger partial charge is 0.335 e. The second-order valence-electron chi connectivity index (χ2n) is 5.86. The lowest BCUT2D eigenvalue weighted by molar-refractivity contribution is -0.122. The highest BCUT2D eigenvalue weighted by Crippen LogP contribution is 2.17. The van der Waals surface area contributed by atoms with Gasteiger partial charge in [-0.3, -0.25) is 4.79 Å². The van der Waals surface area contributed by atoms with E-state index in [1.165, 1.54) is 30.3 Å². The predicted octanol–water partition coefficient (Wildman–Crippen LogP) is 2.69. The standard InChI is InChI=1S/C19H20FNO4/c1-12(18(23)15-3-2-4-16(20)11-15)21-17(22)10-7-13-5-8-14(9-6-13)19(24)25/h2-6,8-9,11-12,18,23H,7,10H2,1H3,(H,21,22)(H,24,25). The molecule has 0 fully saturated rings. The lowest BCUT2D eigenvalue weighted by Crippen LogP contribution is -2.37. The fourth-order valence-corrected chi connectivity index (χ4v) is 2.46. The van der Waals surface area contributed by atoms with Gasteiger partial charge in [0.25, 0.3) is 0 Å². The van der Waals surface area contributed by atoms with Gasteiger partial charge in [0.1, 0.15) is 5.82 Å². The number of carboxylic acids is 1. The lowest BCUT2D eigenvalue weighted by Gasteiger charge is -2.20. The highest BCUT2D eigenvalue weighted by atomic mass is 19.1. The lowest BCUT2D eigenvalue weighted by atomic mass is 10.0. The molecule has 0 aromatic heterocycles. The largest absolute Gasteiger partial charge is 0.478 e. The number of nitrogens with one attached hydrogen (secondary N) is 1. The van der Waals surface area contributed by atoms with Crippen LogP contribution in [0, 0.1) is 5.82 Å². The molecular weight excluding hydrogens is 325 g/mol. The van der Waals surface area contributed by atoms with Crippen LogP contribution in [0.15, 0.2) is 48.5 Å². The van der Waals surface area contributed by atoms with Gasteiger partial charge in [0.05, 0.1) is 17.7 Å². The molecule has 0 aliphatic carbocycles.